The third-order valence-electron chi connectivity index (χ3n) is 4.01. The summed E-state index contributed by atoms with van der Waals surface area (Å²) >= 11 is 0. The van der Waals surface area contributed by atoms with Gasteiger partial charge >= 0.3 is 5.76 Å². The largest absolute Gasteiger partial charge is 0.419 e. The Labute approximate surface area is 155 Å². The molecule has 0 atom stereocenters. The Kier molecular flexibility index (Phi) is 5.04. The summed E-state index contributed by atoms with van der Waals surface area (Å²) in [4.78, 5) is 23.2. The topological polar surface area (TPSA) is 110 Å². The van der Waals surface area contributed by atoms with E-state index in [0.717, 1.165) is 0 Å². The van der Waals surface area contributed by atoms with Crippen molar-refractivity contribution < 1.29 is 17.6 Å². The second-order valence-corrected chi connectivity index (χ2v) is 7.51. The Morgan fingerprint density at radius 1 is 1.07 bits per heavy atom. The van der Waals surface area contributed by atoms with Gasteiger partial charge in [-0.15, -0.1) is 0 Å². The SMILES string of the molecule is CCC(=O)Nc1ccc(S(=O)(=O)Nc2ccc3c(c2)oc(=O)n3CC)cc1. The predicted octanol–water partition coefficient (Wildman–Crippen LogP) is 2.76. The molecule has 27 heavy (non-hydrogen) atoms. The van der Waals surface area contributed by atoms with E-state index < -0.39 is 15.8 Å². The standard InChI is InChI=1S/C18H19N3O5S/c1-3-17(22)19-12-5-8-14(9-6-12)27(24,25)20-13-7-10-15-16(11-13)26-18(23)21(15)4-2/h5-11,20H,3-4H2,1-2H3,(H,19,22). The van der Waals surface area contributed by atoms with Crippen molar-refractivity contribution in [2.45, 2.75) is 31.7 Å². The predicted molar refractivity (Wildman–Crippen MR) is 102 cm³/mol. The van der Waals surface area contributed by atoms with Gasteiger partial charge in [0.15, 0.2) is 5.58 Å². The zero-order valence-corrected chi connectivity index (χ0v) is 15.7. The molecule has 0 fully saturated rings. The highest BCUT2D eigenvalue weighted by Gasteiger charge is 2.16. The van der Waals surface area contributed by atoms with E-state index in [9.17, 15) is 18.0 Å². The number of sulfonamides is 1. The second kappa shape index (κ2) is 7.28. The molecule has 142 valence electrons. The Balaban J connectivity index is 1.84. The molecule has 1 amide bonds. The summed E-state index contributed by atoms with van der Waals surface area (Å²) in [6, 6.07) is 10.5. The van der Waals surface area contributed by atoms with Gasteiger partial charge in [0.2, 0.25) is 5.91 Å². The van der Waals surface area contributed by atoms with Crippen LogP contribution in [0.1, 0.15) is 20.3 Å². The summed E-state index contributed by atoms with van der Waals surface area (Å²) in [5, 5.41) is 2.65. The smallest absolute Gasteiger partial charge is 0.408 e. The van der Waals surface area contributed by atoms with Gasteiger partial charge in [-0.05, 0) is 43.3 Å². The van der Waals surface area contributed by atoms with E-state index in [1.807, 2.05) is 6.92 Å². The van der Waals surface area contributed by atoms with Crippen molar-refractivity contribution in [2.75, 3.05) is 10.0 Å². The lowest BCUT2D eigenvalue weighted by atomic mass is 10.3. The van der Waals surface area contributed by atoms with Crippen molar-refractivity contribution in [1.82, 2.24) is 4.57 Å². The van der Waals surface area contributed by atoms with Crippen LogP contribution in [0.5, 0.6) is 0 Å². The fourth-order valence-electron chi connectivity index (χ4n) is 2.61. The first-order chi connectivity index (χ1) is 12.8. The third kappa shape index (κ3) is 3.87. The normalized spacial score (nSPS) is 11.5. The quantitative estimate of drug-likeness (QED) is 0.673. The average molecular weight is 389 g/mol. The average Bonchev–Trinajstić information content (AvgIpc) is 2.95. The van der Waals surface area contributed by atoms with Gasteiger partial charge in [-0.2, -0.15) is 0 Å². The number of oxazole rings is 1. The van der Waals surface area contributed by atoms with Crippen LogP contribution in [0.2, 0.25) is 0 Å². The molecule has 1 heterocycles. The highest BCUT2D eigenvalue weighted by molar-refractivity contribution is 7.92. The number of benzene rings is 2. The monoisotopic (exact) mass is 389 g/mol. The van der Waals surface area contributed by atoms with Crippen LogP contribution in [-0.4, -0.2) is 18.9 Å². The van der Waals surface area contributed by atoms with Gasteiger partial charge in [-0.25, -0.2) is 13.2 Å². The van der Waals surface area contributed by atoms with Gasteiger partial charge in [-0.1, -0.05) is 6.92 Å². The molecule has 0 aliphatic carbocycles. The van der Waals surface area contributed by atoms with Crippen molar-refractivity contribution in [3.8, 4) is 0 Å². The van der Waals surface area contributed by atoms with Gasteiger partial charge in [0.05, 0.1) is 16.1 Å². The molecular weight excluding hydrogens is 370 g/mol. The molecule has 0 aliphatic heterocycles. The minimum absolute atomic E-state index is 0.0460. The number of amides is 1. The van der Waals surface area contributed by atoms with Crippen molar-refractivity contribution in [3.05, 3.63) is 53.0 Å². The third-order valence-corrected chi connectivity index (χ3v) is 5.40. The Morgan fingerprint density at radius 3 is 2.37 bits per heavy atom. The van der Waals surface area contributed by atoms with Crippen molar-refractivity contribution in [3.63, 3.8) is 0 Å². The van der Waals surface area contributed by atoms with E-state index in [4.69, 9.17) is 4.42 Å². The zero-order chi connectivity index (χ0) is 19.6. The first kappa shape index (κ1) is 18.7. The van der Waals surface area contributed by atoms with Crippen LogP contribution in [0.25, 0.3) is 11.1 Å². The number of hydrogen-bond acceptors (Lipinski definition) is 5. The van der Waals surface area contributed by atoms with Crippen molar-refractivity contribution >= 4 is 38.4 Å². The number of anilines is 2. The minimum Gasteiger partial charge on any atom is -0.408 e. The fraction of sp³-hybridized carbons (Fsp3) is 0.222. The maximum Gasteiger partial charge on any atom is 0.419 e. The van der Waals surface area contributed by atoms with Crippen LogP contribution in [0.3, 0.4) is 0 Å². The maximum atomic E-state index is 12.6. The van der Waals surface area contributed by atoms with Crippen LogP contribution < -0.4 is 15.8 Å². The minimum atomic E-state index is -3.83. The summed E-state index contributed by atoms with van der Waals surface area (Å²) < 4.78 is 34.2. The zero-order valence-electron chi connectivity index (χ0n) is 14.9. The molecular formula is C18H19N3O5S. The number of nitrogens with one attached hydrogen (secondary N) is 2. The van der Waals surface area contributed by atoms with Crippen molar-refractivity contribution in [1.29, 1.82) is 0 Å². The van der Waals surface area contributed by atoms with E-state index in [-0.39, 0.29) is 16.5 Å². The number of nitrogens with zero attached hydrogens (tertiary/aromatic N) is 1. The van der Waals surface area contributed by atoms with E-state index in [1.165, 1.54) is 34.9 Å². The lowest BCUT2D eigenvalue weighted by molar-refractivity contribution is -0.115. The highest BCUT2D eigenvalue weighted by Crippen LogP contribution is 2.22. The molecule has 0 unspecified atom stereocenters. The van der Waals surface area contributed by atoms with E-state index >= 15 is 0 Å². The summed E-state index contributed by atoms with van der Waals surface area (Å²) in [6.45, 7) is 4.00. The molecule has 9 heteroatoms. The molecule has 0 bridgehead atoms. The summed E-state index contributed by atoms with van der Waals surface area (Å²) in [7, 11) is -3.83. The number of aromatic nitrogens is 1. The Morgan fingerprint density at radius 2 is 1.74 bits per heavy atom. The van der Waals surface area contributed by atoms with Crippen LogP contribution in [-0.2, 0) is 21.4 Å². The number of carbonyl (C=O) groups excluding carboxylic acids is 1. The van der Waals surface area contributed by atoms with Gasteiger partial charge < -0.3 is 9.73 Å². The van der Waals surface area contributed by atoms with E-state index in [0.29, 0.717) is 29.8 Å². The molecule has 0 aliphatic rings. The van der Waals surface area contributed by atoms with Gasteiger partial charge in [0.25, 0.3) is 10.0 Å². The van der Waals surface area contributed by atoms with Gasteiger partial charge in [0.1, 0.15) is 0 Å². The van der Waals surface area contributed by atoms with Crippen molar-refractivity contribution in [2.24, 2.45) is 0 Å². The van der Waals surface area contributed by atoms with E-state index in [1.54, 1.807) is 19.1 Å². The summed E-state index contributed by atoms with van der Waals surface area (Å²) in [5.74, 6) is -0.644. The van der Waals surface area contributed by atoms with E-state index in [2.05, 4.69) is 10.0 Å². The molecule has 8 nitrogen and oxygen atoms in total. The van der Waals surface area contributed by atoms with Crippen LogP contribution in [0.4, 0.5) is 11.4 Å². The number of rotatable bonds is 6. The first-order valence-corrected chi connectivity index (χ1v) is 9.88. The molecule has 2 aromatic carbocycles. The maximum absolute atomic E-state index is 12.6. The van der Waals surface area contributed by atoms with Crippen LogP contribution in [0, 0.1) is 0 Å². The molecule has 0 spiro atoms. The Bertz CT molecular complexity index is 1140. The summed E-state index contributed by atoms with van der Waals surface area (Å²) in [5.41, 5.74) is 1.70. The summed E-state index contributed by atoms with van der Waals surface area (Å²) in [6.07, 6.45) is 0.333. The highest BCUT2D eigenvalue weighted by atomic mass is 32.2. The molecule has 0 saturated heterocycles. The molecule has 3 aromatic rings. The second-order valence-electron chi connectivity index (χ2n) is 5.83. The number of hydrogen-bond donors (Lipinski definition) is 2. The molecule has 3 rings (SSSR count). The Hall–Kier alpha value is -3.07. The molecule has 1 aromatic heterocycles. The fourth-order valence-corrected chi connectivity index (χ4v) is 3.66. The lowest BCUT2D eigenvalue weighted by Gasteiger charge is -2.09. The molecule has 2 N–H and O–H groups in total. The first-order valence-electron chi connectivity index (χ1n) is 8.40. The number of fused-ring (bicyclic) bond motifs is 1. The van der Waals surface area contributed by atoms with Crippen LogP contribution >= 0.6 is 0 Å². The van der Waals surface area contributed by atoms with Gasteiger partial charge in [-0.3, -0.25) is 14.1 Å². The molecule has 0 radical (unpaired) electrons. The number of carbonyl (C=O) groups is 1. The number of aryl methyl sites for hydroxylation is 1. The lowest BCUT2D eigenvalue weighted by Crippen LogP contribution is -2.13. The van der Waals surface area contributed by atoms with Gasteiger partial charge in [0, 0.05) is 24.7 Å². The molecule has 0 saturated carbocycles. The van der Waals surface area contributed by atoms with Crippen LogP contribution in [0.15, 0.2) is 56.6 Å².